The summed E-state index contributed by atoms with van der Waals surface area (Å²) in [6.07, 6.45) is 5.26. The quantitative estimate of drug-likeness (QED) is 0.837. The van der Waals surface area contributed by atoms with Crippen molar-refractivity contribution in [1.29, 1.82) is 0 Å². The maximum Gasteiger partial charge on any atom is 0.0931 e. The molecule has 0 radical (unpaired) electrons. The lowest BCUT2D eigenvalue weighted by Gasteiger charge is -2.38. The van der Waals surface area contributed by atoms with Crippen molar-refractivity contribution in [1.82, 2.24) is 0 Å². The molecular weight excluding hydrogens is 228 g/mol. The van der Waals surface area contributed by atoms with E-state index in [1.165, 1.54) is 11.3 Å². The molecule has 1 aromatic rings. The van der Waals surface area contributed by atoms with Crippen molar-refractivity contribution in [2.45, 2.75) is 44.6 Å². The molecule has 0 aromatic carbocycles. The normalized spacial score (nSPS) is 31.8. The Bertz CT molecular complexity index is 336. The molecule has 1 aliphatic rings. The van der Waals surface area contributed by atoms with Gasteiger partial charge >= 0.3 is 0 Å². The van der Waals surface area contributed by atoms with Gasteiger partial charge in [-0.2, -0.15) is 0 Å². The minimum absolute atomic E-state index is 0.409. The first-order valence-electron chi connectivity index (χ1n) is 5.57. The molecule has 2 atom stereocenters. The van der Waals surface area contributed by atoms with Gasteiger partial charge in [0, 0.05) is 11.3 Å². The molecule has 3 heteroatoms. The van der Waals surface area contributed by atoms with Gasteiger partial charge in [0.15, 0.2) is 0 Å². The summed E-state index contributed by atoms with van der Waals surface area (Å²) in [4.78, 5) is 1.20. The maximum absolute atomic E-state index is 10.6. The predicted octanol–water partition coefficient (Wildman–Crippen LogP) is 3.89. The molecule has 0 bridgehead atoms. The van der Waals surface area contributed by atoms with Crippen LogP contribution in [-0.2, 0) is 6.42 Å². The number of thiophene rings is 1. The maximum atomic E-state index is 10.6. The number of rotatable bonds is 2. The van der Waals surface area contributed by atoms with E-state index < -0.39 is 5.60 Å². The van der Waals surface area contributed by atoms with Crippen molar-refractivity contribution in [2.24, 2.45) is 5.92 Å². The zero-order valence-corrected chi connectivity index (χ0v) is 10.6. The summed E-state index contributed by atoms with van der Waals surface area (Å²) in [5.74, 6) is 0.409. The second-order valence-electron chi connectivity index (χ2n) is 4.63. The number of aliphatic hydroxyl groups is 1. The third-order valence-corrected chi connectivity index (χ3v) is 4.75. The number of hydrogen-bond donors (Lipinski definition) is 1. The Hall–Kier alpha value is -0.0500. The standard InChI is InChI=1S/C12H17ClOS/c1-9-4-2-3-7-12(9,14)8-10-5-6-11(13)15-10/h5-6,9,14H,2-4,7-8H2,1H3. The van der Waals surface area contributed by atoms with Gasteiger partial charge in [0.2, 0.25) is 0 Å². The van der Waals surface area contributed by atoms with Gasteiger partial charge in [0.1, 0.15) is 0 Å². The summed E-state index contributed by atoms with van der Waals surface area (Å²) >= 11 is 7.48. The molecule has 15 heavy (non-hydrogen) atoms. The summed E-state index contributed by atoms with van der Waals surface area (Å²) < 4.78 is 0.817. The van der Waals surface area contributed by atoms with E-state index in [0.717, 1.165) is 30.0 Å². The Balaban J connectivity index is 2.08. The first kappa shape index (κ1) is 11.4. The third kappa shape index (κ3) is 2.55. The molecule has 2 rings (SSSR count). The molecule has 1 fully saturated rings. The highest BCUT2D eigenvalue weighted by atomic mass is 35.5. The Labute approximate surface area is 100 Å². The average Bonchev–Trinajstić information content (AvgIpc) is 2.57. The Kier molecular flexibility index (Phi) is 3.39. The fraction of sp³-hybridized carbons (Fsp3) is 0.667. The smallest absolute Gasteiger partial charge is 0.0931 e. The topological polar surface area (TPSA) is 20.2 Å². The fourth-order valence-corrected chi connectivity index (χ4v) is 3.61. The molecule has 0 saturated heterocycles. The zero-order chi connectivity index (χ0) is 10.9. The van der Waals surface area contributed by atoms with Crippen LogP contribution in [0.1, 0.15) is 37.5 Å². The van der Waals surface area contributed by atoms with Crippen LogP contribution in [0.25, 0.3) is 0 Å². The van der Waals surface area contributed by atoms with E-state index in [4.69, 9.17) is 11.6 Å². The number of halogens is 1. The summed E-state index contributed by atoms with van der Waals surface area (Å²) in [6, 6.07) is 3.95. The predicted molar refractivity (Wildman–Crippen MR) is 65.6 cm³/mol. The van der Waals surface area contributed by atoms with Crippen LogP contribution in [0.5, 0.6) is 0 Å². The van der Waals surface area contributed by atoms with Gasteiger partial charge in [0.25, 0.3) is 0 Å². The Morgan fingerprint density at radius 2 is 2.33 bits per heavy atom. The largest absolute Gasteiger partial charge is 0.389 e. The third-order valence-electron chi connectivity index (χ3n) is 3.52. The summed E-state index contributed by atoms with van der Waals surface area (Å²) in [5, 5.41) is 10.6. The molecule has 1 saturated carbocycles. The highest BCUT2D eigenvalue weighted by Crippen LogP contribution is 2.37. The van der Waals surface area contributed by atoms with Crippen molar-refractivity contribution < 1.29 is 5.11 Å². The van der Waals surface area contributed by atoms with Crippen molar-refractivity contribution in [3.05, 3.63) is 21.3 Å². The molecule has 0 spiro atoms. The van der Waals surface area contributed by atoms with Gasteiger partial charge in [-0.3, -0.25) is 0 Å². The van der Waals surface area contributed by atoms with Gasteiger partial charge in [-0.05, 0) is 30.9 Å². The van der Waals surface area contributed by atoms with Gasteiger partial charge in [-0.15, -0.1) is 11.3 Å². The minimum atomic E-state index is -0.494. The molecular formula is C12H17ClOS. The molecule has 84 valence electrons. The van der Waals surface area contributed by atoms with Crippen LogP contribution in [0.3, 0.4) is 0 Å². The fourth-order valence-electron chi connectivity index (χ4n) is 2.41. The van der Waals surface area contributed by atoms with E-state index in [1.807, 2.05) is 12.1 Å². The van der Waals surface area contributed by atoms with Crippen LogP contribution < -0.4 is 0 Å². The molecule has 1 heterocycles. The molecule has 0 aliphatic heterocycles. The van der Waals surface area contributed by atoms with E-state index in [2.05, 4.69) is 6.92 Å². The van der Waals surface area contributed by atoms with Crippen molar-refractivity contribution in [3.8, 4) is 0 Å². The van der Waals surface area contributed by atoms with E-state index in [0.29, 0.717) is 5.92 Å². The van der Waals surface area contributed by atoms with Crippen LogP contribution in [0, 0.1) is 5.92 Å². The second-order valence-corrected chi connectivity index (χ2v) is 6.43. The molecule has 1 N–H and O–H groups in total. The van der Waals surface area contributed by atoms with Crippen LogP contribution in [0.15, 0.2) is 12.1 Å². The molecule has 1 aromatic heterocycles. The first-order valence-corrected chi connectivity index (χ1v) is 6.76. The SMILES string of the molecule is CC1CCCCC1(O)Cc1ccc(Cl)s1. The van der Waals surface area contributed by atoms with E-state index >= 15 is 0 Å². The van der Waals surface area contributed by atoms with Crippen LogP contribution >= 0.6 is 22.9 Å². The molecule has 1 aliphatic carbocycles. The van der Waals surface area contributed by atoms with Gasteiger partial charge in [-0.1, -0.05) is 31.4 Å². The van der Waals surface area contributed by atoms with Crippen molar-refractivity contribution in [2.75, 3.05) is 0 Å². The highest BCUT2D eigenvalue weighted by molar-refractivity contribution is 7.16. The average molecular weight is 245 g/mol. The summed E-state index contributed by atoms with van der Waals surface area (Å²) in [6.45, 7) is 2.16. The van der Waals surface area contributed by atoms with E-state index in [9.17, 15) is 5.11 Å². The zero-order valence-electron chi connectivity index (χ0n) is 9.00. The van der Waals surface area contributed by atoms with Crippen molar-refractivity contribution >= 4 is 22.9 Å². The summed E-state index contributed by atoms with van der Waals surface area (Å²) in [5.41, 5.74) is -0.494. The highest BCUT2D eigenvalue weighted by Gasteiger charge is 2.36. The Morgan fingerprint density at radius 1 is 1.53 bits per heavy atom. The molecule has 2 unspecified atom stereocenters. The second kappa shape index (κ2) is 4.44. The Morgan fingerprint density at radius 3 is 2.93 bits per heavy atom. The minimum Gasteiger partial charge on any atom is -0.389 e. The van der Waals surface area contributed by atoms with E-state index in [-0.39, 0.29) is 0 Å². The molecule has 0 amide bonds. The molecule has 1 nitrogen and oxygen atoms in total. The lowest BCUT2D eigenvalue weighted by molar-refractivity contribution is -0.0399. The van der Waals surface area contributed by atoms with Crippen LogP contribution in [0.4, 0.5) is 0 Å². The number of hydrogen-bond acceptors (Lipinski definition) is 2. The van der Waals surface area contributed by atoms with Crippen molar-refractivity contribution in [3.63, 3.8) is 0 Å². The van der Waals surface area contributed by atoms with Gasteiger partial charge in [-0.25, -0.2) is 0 Å². The van der Waals surface area contributed by atoms with Gasteiger partial charge in [0.05, 0.1) is 9.94 Å². The lowest BCUT2D eigenvalue weighted by atomic mass is 9.74. The van der Waals surface area contributed by atoms with Gasteiger partial charge < -0.3 is 5.11 Å². The first-order chi connectivity index (χ1) is 7.10. The van der Waals surface area contributed by atoms with Crippen LogP contribution in [0.2, 0.25) is 4.34 Å². The monoisotopic (exact) mass is 244 g/mol. The van der Waals surface area contributed by atoms with E-state index in [1.54, 1.807) is 11.3 Å². The van der Waals surface area contributed by atoms with Crippen LogP contribution in [-0.4, -0.2) is 10.7 Å². The lowest BCUT2D eigenvalue weighted by Crippen LogP contribution is -2.41. The summed E-state index contributed by atoms with van der Waals surface area (Å²) in [7, 11) is 0.